The molecule has 1 aromatic rings. The molecule has 114 valence electrons. The van der Waals surface area contributed by atoms with Crippen LogP contribution in [0.25, 0.3) is 0 Å². The monoisotopic (exact) mass is 299 g/mol. The molecule has 0 aliphatic heterocycles. The van der Waals surface area contributed by atoms with Crippen LogP contribution in [-0.2, 0) is 10.0 Å². The molecule has 1 aromatic carbocycles. The fourth-order valence-corrected chi connectivity index (χ4v) is 3.01. The Labute approximate surface area is 122 Å². The summed E-state index contributed by atoms with van der Waals surface area (Å²) in [7, 11) is -3.38. The van der Waals surface area contributed by atoms with Crippen molar-refractivity contribution >= 4 is 15.7 Å². The zero-order chi connectivity index (χ0) is 15.2. The predicted octanol–water partition coefficient (Wildman–Crippen LogP) is 1.77. The van der Waals surface area contributed by atoms with Gasteiger partial charge in [-0.15, -0.1) is 0 Å². The van der Waals surface area contributed by atoms with E-state index in [-0.39, 0.29) is 10.9 Å². The number of rotatable bonds is 8. The van der Waals surface area contributed by atoms with Gasteiger partial charge in [-0.25, -0.2) is 13.1 Å². The highest BCUT2D eigenvalue weighted by Gasteiger charge is 2.14. The Kier molecular flexibility index (Phi) is 6.45. The predicted molar refractivity (Wildman–Crippen MR) is 83.2 cm³/mol. The zero-order valence-corrected chi connectivity index (χ0v) is 13.2. The molecule has 6 heteroatoms. The average Bonchev–Trinajstić information content (AvgIpc) is 2.38. The number of hydrogen-bond acceptors (Lipinski definition) is 4. The molecule has 0 amide bonds. The summed E-state index contributed by atoms with van der Waals surface area (Å²) >= 11 is 0. The summed E-state index contributed by atoms with van der Waals surface area (Å²) in [6, 6.07) is 7.09. The molecule has 0 aromatic heterocycles. The van der Waals surface area contributed by atoms with Gasteiger partial charge in [0.25, 0.3) is 0 Å². The van der Waals surface area contributed by atoms with Crippen LogP contribution in [0.2, 0.25) is 0 Å². The van der Waals surface area contributed by atoms with Crippen molar-refractivity contribution in [1.29, 1.82) is 0 Å². The van der Waals surface area contributed by atoms with E-state index in [2.05, 4.69) is 23.9 Å². The standard InChI is InChI=1S/C14H25N3O2S/c1-4-16-20(18,19)13-7-5-12(6-8-13)17-14(9-10-15)11(2)3/h5-8,11,14,16-17H,4,9-10,15H2,1-3H3. The first kappa shape index (κ1) is 16.9. The van der Waals surface area contributed by atoms with E-state index < -0.39 is 10.0 Å². The molecule has 0 heterocycles. The Bertz CT molecular complexity index is 498. The molecule has 1 unspecified atom stereocenters. The lowest BCUT2D eigenvalue weighted by molar-refractivity contribution is 0.499. The van der Waals surface area contributed by atoms with Crippen molar-refractivity contribution < 1.29 is 8.42 Å². The number of sulfonamides is 1. The minimum atomic E-state index is -3.38. The third-order valence-corrected chi connectivity index (χ3v) is 4.69. The van der Waals surface area contributed by atoms with Gasteiger partial charge in [0.05, 0.1) is 4.90 Å². The van der Waals surface area contributed by atoms with Crippen molar-refractivity contribution in [3.8, 4) is 0 Å². The second-order valence-corrected chi connectivity index (χ2v) is 6.86. The molecule has 1 atom stereocenters. The Balaban J connectivity index is 2.81. The van der Waals surface area contributed by atoms with Crippen molar-refractivity contribution in [1.82, 2.24) is 4.72 Å². The van der Waals surface area contributed by atoms with Gasteiger partial charge in [0.15, 0.2) is 0 Å². The third kappa shape index (κ3) is 4.77. The highest BCUT2D eigenvalue weighted by molar-refractivity contribution is 7.89. The molecule has 0 bridgehead atoms. The lowest BCUT2D eigenvalue weighted by Gasteiger charge is -2.23. The second-order valence-electron chi connectivity index (χ2n) is 5.10. The minimum Gasteiger partial charge on any atom is -0.382 e. The van der Waals surface area contributed by atoms with E-state index in [1.54, 1.807) is 31.2 Å². The van der Waals surface area contributed by atoms with Gasteiger partial charge in [0.1, 0.15) is 0 Å². The molecule has 0 saturated carbocycles. The van der Waals surface area contributed by atoms with Gasteiger partial charge < -0.3 is 11.1 Å². The zero-order valence-electron chi connectivity index (χ0n) is 12.4. The Morgan fingerprint density at radius 1 is 1.20 bits per heavy atom. The molecule has 5 nitrogen and oxygen atoms in total. The van der Waals surface area contributed by atoms with Crippen molar-refractivity contribution in [3.63, 3.8) is 0 Å². The summed E-state index contributed by atoms with van der Waals surface area (Å²) in [6.45, 7) is 7.04. The van der Waals surface area contributed by atoms with Crippen LogP contribution in [0.5, 0.6) is 0 Å². The largest absolute Gasteiger partial charge is 0.382 e. The lowest BCUT2D eigenvalue weighted by atomic mass is 10.0. The summed E-state index contributed by atoms with van der Waals surface area (Å²) in [5.41, 5.74) is 6.52. The first-order valence-electron chi connectivity index (χ1n) is 6.97. The Morgan fingerprint density at radius 2 is 1.80 bits per heavy atom. The highest BCUT2D eigenvalue weighted by atomic mass is 32.2. The van der Waals surface area contributed by atoms with Crippen molar-refractivity contribution in [2.75, 3.05) is 18.4 Å². The van der Waals surface area contributed by atoms with E-state index in [9.17, 15) is 8.42 Å². The average molecular weight is 299 g/mol. The molecule has 0 aliphatic carbocycles. The van der Waals surface area contributed by atoms with E-state index in [0.29, 0.717) is 19.0 Å². The molecule has 0 fully saturated rings. The number of anilines is 1. The molecular weight excluding hydrogens is 274 g/mol. The molecule has 0 saturated heterocycles. The minimum absolute atomic E-state index is 0.282. The van der Waals surface area contributed by atoms with Gasteiger partial charge in [0.2, 0.25) is 10.0 Å². The summed E-state index contributed by atoms with van der Waals surface area (Å²) in [6.07, 6.45) is 0.884. The number of nitrogens with one attached hydrogen (secondary N) is 2. The van der Waals surface area contributed by atoms with E-state index in [0.717, 1.165) is 12.1 Å². The van der Waals surface area contributed by atoms with E-state index >= 15 is 0 Å². The summed E-state index contributed by atoms with van der Waals surface area (Å²) < 4.78 is 26.1. The molecule has 0 radical (unpaired) electrons. The Hall–Kier alpha value is -1.11. The summed E-state index contributed by atoms with van der Waals surface area (Å²) in [5.74, 6) is 0.462. The van der Waals surface area contributed by atoms with Crippen molar-refractivity contribution in [2.45, 2.75) is 38.1 Å². The smallest absolute Gasteiger partial charge is 0.240 e. The maximum atomic E-state index is 11.8. The topological polar surface area (TPSA) is 84.2 Å². The maximum Gasteiger partial charge on any atom is 0.240 e. The fraction of sp³-hybridized carbons (Fsp3) is 0.571. The van der Waals surface area contributed by atoms with Gasteiger partial charge in [-0.1, -0.05) is 20.8 Å². The number of benzene rings is 1. The third-order valence-electron chi connectivity index (χ3n) is 3.13. The quantitative estimate of drug-likeness (QED) is 0.683. The van der Waals surface area contributed by atoms with Crippen LogP contribution in [-0.4, -0.2) is 27.5 Å². The van der Waals surface area contributed by atoms with E-state index in [4.69, 9.17) is 5.73 Å². The normalized spacial score (nSPS) is 13.4. The van der Waals surface area contributed by atoms with Crippen LogP contribution in [0.3, 0.4) is 0 Å². The molecule has 4 N–H and O–H groups in total. The van der Waals surface area contributed by atoms with Crippen LogP contribution in [0.1, 0.15) is 27.2 Å². The fourth-order valence-electron chi connectivity index (χ4n) is 1.97. The summed E-state index contributed by atoms with van der Waals surface area (Å²) in [4.78, 5) is 0.282. The van der Waals surface area contributed by atoms with Crippen LogP contribution in [0.4, 0.5) is 5.69 Å². The SMILES string of the molecule is CCNS(=O)(=O)c1ccc(NC(CCN)C(C)C)cc1. The Morgan fingerprint density at radius 3 is 2.25 bits per heavy atom. The van der Waals surface area contributed by atoms with Crippen LogP contribution < -0.4 is 15.8 Å². The number of nitrogens with two attached hydrogens (primary N) is 1. The van der Waals surface area contributed by atoms with Crippen LogP contribution in [0.15, 0.2) is 29.2 Å². The van der Waals surface area contributed by atoms with Gasteiger partial charge in [-0.2, -0.15) is 0 Å². The van der Waals surface area contributed by atoms with Crippen molar-refractivity contribution in [2.24, 2.45) is 11.7 Å². The molecule has 1 rings (SSSR count). The van der Waals surface area contributed by atoms with Crippen LogP contribution in [0, 0.1) is 5.92 Å². The van der Waals surface area contributed by atoms with E-state index in [1.807, 2.05) is 0 Å². The van der Waals surface area contributed by atoms with Gasteiger partial charge in [-0.3, -0.25) is 0 Å². The van der Waals surface area contributed by atoms with Crippen LogP contribution >= 0.6 is 0 Å². The molecule has 0 spiro atoms. The first-order chi connectivity index (χ1) is 9.40. The maximum absolute atomic E-state index is 11.8. The van der Waals surface area contributed by atoms with E-state index in [1.165, 1.54) is 0 Å². The lowest BCUT2D eigenvalue weighted by Crippen LogP contribution is -2.28. The number of hydrogen-bond donors (Lipinski definition) is 3. The van der Waals surface area contributed by atoms with Gasteiger partial charge in [-0.05, 0) is 43.1 Å². The van der Waals surface area contributed by atoms with Crippen molar-refractivity contribution in [3.05, 3.63) is 24.3 Å². The molecule has 0 aliphatic rings. The summed E-state index contributed by atoms with van der Waals surface area (Å²) in [5, 5.41) is 3.39. The molecular formula is C14H25N3O2S. The second kappa shape index (κ2) is 7.61. The van der Waals surface area contributed by atoms with Gasteiger partial charge >= 0.3 is 0 Å². The highest BCUT2D eigenvalue weighted by Crippen LogP contribution is 2.17. The molecule has 20 heavy (non-hydrogen) atoms. The first-order valence-corrected chi connectivity index (χ1v) is 8.45. The van der Waals surface area contributed by atoms with Gasteiger partial charge in [0, 0.05) is 18.3 Å².